The lowest BCUT2D eigenvalue weighted by atomic mass is 9.75. The summed E-state index contributed by atoms with van der Waals surface area (Å²) in [7, 11) is 0. The van der Waals surface area contributed by atoms with Gasteiger partial charge in [0.25, 0.3) is 0 Å². The predicted molar refractivity (Wildman–Crippen MR) is 106 cm³/mol. The largest absolute Gasteiger partial charge is 0.444 e. The Kier molecular flexibility index (Phi) is 8.41. The van der Waals surface area contributed by atoms with Crippen LogP contribution in [0.15, 0.2) is 24.3 Å². The molecule has 0 bridgehead atoms. The van der Waals surface area contributed by atoms with Crippen molar-refractivity contribution in [2.45, 2.75) is 64.9 Å². The van der Waals surface area contributed by atoms with E-state index >= 15 is 0 Å². The van der Waals surface area contributed by atoms with Gasteiger partial charge in [0.05, 0.1) is 5.41 Å². The Labute approximate surface area is 161 Å². The van der Waals surface area contributed by atoms with Gasteiger partial charge in [-0.25, -0.2) is 4.79 Å². The van der Waals surface area contributed by atoms with E-state index in [4.69, 9.17) is 16.3 Å². The Morgan fingerprint density at radius 1 is 1.00 bits per heavy atom. The number of alkyl carbamates (subject to hydrolysis) is 1. The molecule has 0 fully saturated rings. The van der Waals surface area contributed by atoms with Crippen LogP contribution in [0.4, 0.5) is 4.79 Å². The molecule has 0 unspecified atom stereocenters. The van der Waals surface area contributed by atoms with Crippen LogP contribution < -0.4 is 10.6 Å². The van der Waals surface area contributed by atoms with Crippen molar-refractivity contribution in [3.8, 4) is 0 Å². The second-order valence-electron chi connectivity index (χ2n) is 7.33. The minimum Gasteiger partial charge on any atom is -0.444 e. The molecule has 0 aromatic heterocycles. The van der Waals surface area contributed by atoms with Gasteiger partial charge in [-0.2, -0.15) is 0 Å². The van der Waals surface area contributed by atoms with Gasteiger partial charge in [0.1, 0.15) is 5.60 Å². The van der Waals surface area contributed by atoms with Crippen molar-refractivity contribution in [3.63, 3.8) is 0 Å². The highest BCUT2D eigenvalue weighted by molar-refractivity contribution is 6.30. The summed E-state index contributed by atoms with van der Waals surface area (Å²) in [5.74, 6) is 0.00194. The fourth-order valence-corrected chi connectivity index (χ4v) is 2.97. The summed E-state index contributed by atoms with van der Waals surface area (Å²) in [6, 6.07) is 7.46. The number of amides is 2. The molecule has 0 saturated heterocycles. The third-order valence-electron chi connectivity index (χ3n) is 4.35. The Hall–Kier alpha value is -1.75. The summed E-state index contributed by atoms with van der Waals surface area (Å²) in [6.45, 7) is 10.4. The van der Waals surface area contributed by atoms with E-state index in [1.165, 1.54) is 0 Å². The van der Waals surface area contributed by atoms with Crippen molar-refractivity contribution >= 4 is 23.6 Å². The number of hydrogen-bond donors (Lipinski definition) is 2. The first-order valence-electron chi connectivity index (χ1n) is 9.16. The number of rotatable bonds is 8. The molecule has 0 saturated carbocycles. The second kappa shape index (κ2) is 9.81. The van der Waals surface area contributed by atoms with Crippen LogP contribution in [-0.2, 0) is 14.9 Å². The summed E-state index contributed by atoms with van der Waals surface area (Å²) in [5, 5.41) is 6.34. The first-order chi connectivity index (χ1) is 12.1. The van der Waals surface area contributed by atoms with E-state index in [2.05, 4.69) is 10.6 Å². The molecule has 1 aromatic rings. The highest BCUT2D eigenvalue weighted by atomic mass is 35.5. The Balaban J connectivity index is 2.53. The van der Waals surface area contributed by atoms with Crippen molar-refractivity contribution in [1.29, 1.82) is 0 Å². The van der Waals surface area contributed by atoms with E-state index in [9.17, 15) is 9.59 Å². The van der Waals surface area contributed by atoms with Crippen LogP contribution in [0.3, 0.4) is 0 Å². The molecular weight excluding hydrogens is 352 g/mol. The summed E-state index contributed by atoms with van der Waals surface area (Å²) in [5.41, 5.74) is -0.113. The van der Waals surface area contributed by atoms with Gasteiger partial charge in [0.2, 0.25) is 5.91 Å². The zero-order valence-corrected chi connectivity index (χ0v) is 17.2. The zero-order chi connectivity index (χ0) is 19.8. The topological polar surface area (TPSA) is 67.4 Å². The SMILES string of the molecule is CCC(CC)(C(=O)NCCCNC(=O)OC(C)(C)C)c1ccc(Cl)cc1. The van der Waals surface area contributed by atoms with Gasteiger partial charge in [0.15, 0.2) is 0 Å². The van der Waals surface area contributed by atoms with Crippen molar-refractivity contribution in [3.05, 3.63) is 34.9 Å². The van der Waals surface area contributed by atoms with Gasteiger partial charge < -0.3 is 15.4 Å². The number of hydrogen-bond acceptors (Lipinski definition) is 3. The Morgan fingerprint density at radius 2 is 1.54 bits per heavy atom. The number of benzene rings is 1. The zero-order valence-electron chi connectivity index (χ0n) is 16.4. The average molecular weight is 383 g/mol. The molecule has 2 N–H and O–H groups in total. The van der Waals surface area contributed by atoms with Gasteiger partial charge in [-0.15, -0.1) is 0 Å². The average Bonchev–Trinajstić information content (AvgIpc) is 2.56. The molecule has 0 spiro atoms. The number of nitrogens with one attached hydrogen (secondary N) is 2. The van der Waals surface area contributed by atoms with E-state index in [0.717, 1.165) is 5.56 Å². The van der Waals surface area contributed by atoms with Gasteiger partial charge in [0, 0.05) is 18.1 Å². The minimum absolute atomic E-state index is 0.00194. The fourth-order valence-electron chi connectivity index (χ4n) is 2.84. The van der Waals surface area contributed by atoms with Gasteiger partial charge in [-0.3, -0.25) is 4.79 Å². The quantitative estimate of drug-likeness (QED) is 0.653. The molecular formula is C20H31ClN2O3. The lowest BCUT2D eigenvalue weighted by molar-refractivity contribution is -0.127. The van der Waals surface area contributed by atoms with Crippen LogP contribution in [0, 0.1) is 0 Å². The Morgan fingerprint density at radius 3 is 2.04 bits per heavy atom. The number of ether oxygens (including phenoxy) is 1. The first-order valence-corrected chi connectivity index (χ1v) is 9.53. The molecule has 26 heavy (non-hydrogen) atoms. The third-order valence-corrected chi connectivity index (χ3v) is 4.60. The minimum atomic E-state index is -0.566. The summed E-state index contributed by atoms with van der Waals surface area (Å²) < 4.78 is 5.17. The molecule has 0 heterocycles. The molecule has 0 aliphatic carbocycles. The smallest absolute Gasteiger partial charge is 0.407 e. The maximum absolute atomic E-state index is 12.8. The molecule has 0 aliphatic rings. The molecule has 6 heteroatoms. The second-order valence-corrected chi connectivity index (χ2v) is 7.77. The van der Waals surface area contributed by atoms with E-state index in [0.29, 0.717) is 37.4 Å². The van der Waals surface area contributed by atoms with Crippen LogP contribution in [0.1, 0.15) is 59.4 Å². The van der Waals surface area contributed by atoms with Crippen molar-refractivity contribution in [1.82, 2.24) is 10.6 Å². The number of carbonyl (C=O) groups excluding carboxylic acids is 2. The van der Waals surface area contributed by atoms with Crippen LogP contribution in [0.25, 0.3) is 0 Å². The monoisotopic (exact) mass is 382 g/mol. The summed E-state index contributed by atoms with van der Waals surface area (Å²) in [4.78, 5) is 24.4. The van der Waals surface area contributed by atoms with Gasteiger partial charge in [-0.05, 0) is 57.7 Å². The van der Waals surface area contributed by atoms with Crippen LogP contribution in [0.2, 0.25) is 5.02 Å². The summed E-state index contributed by atoms with van der Waals surface area (Å²) in [6.07, 6.45) is 1.59. The van der Waals surface area contributed by atoms with Gasteiger partial charge >= 0.3 is 6.09 Å². The Bertz CT molecular complexity index is 590. The normalized spacial score (nSPS) is 11.8. The van der Waals surface area contributed by atoms with E-state index in [1.807, 2.05) is 58.9 Å². The standard InChI is InChI=1S/C20H31ClN2O3/c1-6-20(7-2,15-9-11-16(21)12-10-15)17(24)22-13-8-14-23-18(25)26-19(3,4)5/h9-12H,6-8,13-14H2,1-5H3,(H,22,24)(H,23,25). The first kappa shape index (κ1) is 22.3. The number of carbonyl (C=O) groups is 2. The molecule has 0 atom stereocenters. The molecule has 5 nitrogen and oxygen atoms in total. The maximum atomic E-state index is 12.8. The summed E-state index contributed by atoms with van der Waals surface area (Å²) >= 11 is 5.97. The van der Waals surface area contributed by atoms with E-state index < -0.39 is 17.1 Å². The molecule has 146 valence electrons. The highest BCUT2D eigenvalue weighted by Crippen LogP contribution is 2.32. The van der Waals surface area contributed by atoms with Crippen LogP contribution >= 0.6 is 11.6 Å². The molecule has 1 rings (SSSR count). The van der Waals surface area contributed by atoms with Crippen molar-refractivity contribution in [2.24, 2.45) is 0 Å². The molecule has 2 amide bonds. The highest BCUT2D eigenvalue weighted by Gasteiger charge is 2.36. The van der Waals surface area contributed by atoms with Crippen molar-refractivity contribution in [2.75, 3.05) is 13.1 Å². The van der Waals surface area contributed by atoms with Gasteiger partial charge in [-0.1, -0.05) is 37.6 Å². The van der Waals surface area contributed by atoms with E-state index in [1.54, 1.807) is 0 Å². The van der Waals surface area contributed by atoms with Crippen LogP contribution in [0.5, 0.6) is 0 Å². The maximum Gasteiger partial charge on any atom is 0.407 e. The van der Waals surface area contributed by atoms with Crippen molar-refractivity contribution < 1.29 is 14.3 Å². The molecule has 1 aromatic carbocycles. The molecule has 0 radical (unpaired) electrons. The molecule has 0 aliphatic heterocycles. The predicted octanol–water partition coefficient (Wildman–Crippen LogP) is 4.43. The third kappa shape index (κ3) is 6.52. The lowest BCUT2D eigenvalue weighted by Crippen LogP contribution is -2.44. The van der Waals surface area contributed by atoms with Crippen LogP contribution in [-0.4, -0.2) is 30.7 Å². The number of halogens is 1. The fraction of sp³-hybridized carbons (Fsp3) is 0.600. The lowest BCUT2D eigenvalue weighted by Gasteiger charge is -2.31. The van der Waals surface area contributed by atoms with E-state index in [-0.39, 0.29) is 5.91 Å².